The molecule has 8 rings (SSSR count). The smallest absolute Gasteiger partial charge is 0.164 e. The van der Waals surface area contributed by atoms with Crippen molar-refractivity contribution in [1.82, 2.24) is 15.0 Å². The molecule has 0 saturated carbocycles. The zero-order valence-corrected chi connectivity index (χ0v) is 21.7. The quantitative estimate of drug-likeness (QED) is 0.220. The van der Waals surface area contributed by atoms with Crippen LogP contribution in [0.2, 0.25) is 0 Å². The van der Waals surface area contributed by atoms with E-state index in [0.717, 1.165) is 16.7 Å². The van der Waals surface area contributed by atoms with Crippen LogP contribution in [0.4, 0.5) is 0 Å². The molecule has 6 aromatic carbocycles. The third kappa shape index (κ3) is 3.77. The fourth-order valence-electron chi connectivity index (χ4n) is 5.37. The van der Waals surface area contributed by atoms with E-state index in [2.05, 4.69) is 97.1 Å². The Morgan fingerprint density at radius 2 is 0.949 bits per heavy atom. The van der Waals surface area contributed by atoms with Crippen LogP contribution < -0.4 is 0 Å². The maximum absolute atomic E-state index is 5.02. The van der Waals surface area contributed by atoms with Crippen molar-refractivity contribution in [3.05, 3.63) is 127 Å². The second kappa shape index (κ2) is 8.83. The highest BCUT2D eigenvalue weighted by Crippen LogP contribution is 2.36. The van der Waals surface area contributed by atoms with Crippen LogP contribution in [0.1, 0.15) is 0 Å². The van der Waals surface area contributed by atoms with E-state index in [1.54, 1.807) is 0 Å². The van der Waals surface area contributed by atoms with Gasteiger partial charge in [-0.2, -0.15) is 0 Å². The zero-order chi connectivity index (χ0) is 25.8. The lowest BCUT2D eigenvalue weighted by atomic mass is 10.00. The van der Waals surface area contributed by atoms with Crippen LogP contribution in [0.5, 0.6) is 0 Å². The molecule has 2 aromatic heterocycles. The minimum atomic E-state index is 0.671. The highest BCUT2D eigenvalue weighted by Gasteiger charge is 2.14. The lowest BCUT2D eigenvalue weighted by Crippen LogP contribution is -2.00. The number of rotatable bonds is 3. The number of aromatic nitrogens is 3. The second-order valence-corrected chi connectivity index (χ2v) is 10.8. The normalized spacial score (nSPS) is 11.6. The monoisotopic (exact) mass is 515 g/mol. The van der Waals surface area contributed by atoms with Gasteiger partial charge in [-0.25, -0.2) is 15.0 Å². The van der Waals surface area contributed by atoms with Gasteiger partial charge in [0.2, 0.25) is 0 Å². The van der Waals surface area contributed by atoms with Crippen molar-refractivity contribution >= 4 is 53.1 Å². The first-order chi connectivity index (χ1) is 19.3. The van der Waals surface area contributed by atoms with Crippen molar-refractivity contribution in [2.75, 3.05) is 0 Å². The van der Waals surface area contributed by atoms with Gasteiger partial charge in [0.05, 0.1) is 0 Å². The van der Waals surface area contributed by atoms with E-state index in [1.165, 1.54) is 41.7 Å². The molecule has 0 bridgehead atoms. The van der Waals surface area contributed by atoms with E-state index in [9.17, 15) is 0 Å². The fraction of sp³-hybridized carbons (Fsp3) is 0. The second-order valence-electron chi connectivity index (χ2n) is 9.70. The molecule has 0 amide bonds. The minimum Gasteiger partial charge on any atom is -0.208 e. The maximum Gasteiger partial charge on any atom is 0.164 e. The van der Waals surface area contributed by atoms with Crippen molar-refractivity contribution < 1.29 is 0 Å². The Balaban J connectivity index is 1.33. The first-order valence-electron chi connectivity index (χ1n) is 13.0. The molecule has 0 atom stereocenters. The molecule has 39 heavy (non-hydrogen) atoms. The molecule has 2 heterocycles. The summed E-state index contributed by atoms with van der Waals surface area (Å²) in [5.41, 5.74) is 2.93. The third-order valence-corrected chi connectivity index (χ3v) is 8.46. The van der Waals surface area contributed by atoms with E-state index in [4.69, 9.17) is 15.0 Å². The Kier molecular flexibility index (Phi) is 5.00. The molecular formula is C35H21N3S. The molecular weight excluding hydrogens is 494 g/mol. The van der Waals surface area contributed by atoms with Gasteiger partial charge in [0.1, 0.15) is 0 Å². The Labute approximate surface area is 229 Å². The number of hydrogen-bond acceptors (Lipinski definition) is 4. The third-order valence-electron chi connectivity index (χ3n) is 7.31. The number of nitrogens with zero attached hydrogens (tertiary/aromatic N) is 3. The minimum absolute atomic E-state index is 0.671. The molecule has 0 radical (unpaired) electrons. The van der Waals surface area contributed by atoms with Crippen molar-refractivity contribution in [3.8, 4) is 34.2 Å². The molecule has 4 heteroatoms. The maximum atomic E-state index is 5.02. The van der Waals surface area contributed by atoms with Gasteiger partial charge < -0.3 is 0 Å². The van der Waals surface area contributed by atoms with Gasteiger partial charge in [0.15, 0.2) is 17.5 Å². The molecule has 0 aliphatic carbocycles. The van der Waals surface area contributed by atoms with Gasteiger partial charge in [-0.1, -0.05) is 97.1 Å². The molecule has 8 aromatic rings. The van der Waals surface area contributed by atoms with Crippen LogP contribution in [0.3, 0.4) is 0 Å². The van der Waals surface area contributed by atoms with E-state index < -0.39 is 0 Å². The summed E-state index contributed by atoms with van der Waals surface area (Å²) < 4.78 is 2.55. The molecule has 0 fully saturated rings. The summed E-state index contributed by atoms with van der Waals surface area (Å²) in [5, 5.41) is 7.37. The zero-order valence-electron chi connectivity index (χ0n) is 20.9. The topological polar surface area (TPSA) is 38.7 Å². The fourth-order valence-corrected chi connectivity index (χ4v) is 6.45. The Hall–Kier alpha value is -4.93. The Bertz CT molecular complexity index is 2180. The van der Waals surface area contributed by atoms with Gasteiger partial charge in [-0.05, 0) is 51.9 Å². The molecule has 0 unspecified atom stereocenters. The average Bonchev–Trinajstić information content (AvgIpc) is 3.39. The summed E-state index contributed by atoms with van der Waals surface area (Å²) in [6, 6.07) is 44.6. The van der Waals surface area contributed by atoms with Crippen molar-refractivity contribution in [1.29, 1.82) is 0 Å². The SMILES string of the molecule is c1ccc(-c2nc(-c3ccc4c(ccc5ccccc54)c3)nc(-c3ccc4sc5ccccc5c4c3)n2)cc1. The van der Waals surface area contributed by atoms with E-state index in [-0.39, 0.29) is 0 Å². The van der Waals surface area contributed by atoms with Gasteiger partial charge >= 0.3 is 0 Å². The number of benzene rings is 6. The molecule has 0 N–H and O–H groups in total. The van der Waals surface area contributed by atoms with Crippen LogP contribution in [-0.4, -0.2) is 15.0 Å². The first kappa shape index (κ1) is 22.1. The molecule has 0 aliphatic rings. The number of fused-ring (bicyclic) bond motifs is 6. The molecule has 0 saturated heterocycles. The van der Waals surface area contributed by atoms with E-state index in [1.807, 2.05) is 41.7 Å². The summed E-state index contributed by atoms with van der Waals surface area (Å²) in [5.74, 6) is 2.02. The van der Waals surface area contributed by atoms with Gasteiger partial charge in [-0.3, -0.25) is 0 Å². The highest BCUT2D eigenvalue weighted by molar-refractivity contribution is 7.25. The van der Waals surface area contributed by atoms with Crippen LogP contribution in [0.15, 0.2) is 127 Å². The summed E-state index contributed by atoms with van der Waals surface area (Å²) in [7, 11) is 0. The Morgan fingerprint density at radius 1 is 0.359 bits per heavy atom. The number of hydrogen-bond donors (Lipinski definition) is 0. The predicted molar refractivity (Wildman–Crippen MR) is 164 cm³/mol. The van der Waals surface area contributed by atoms with Gasteiger partial charge in [0, 0.05) is 36.9 Å². The summed E-state index contributed by atoms with van der Waals surface area (Å²) in [4.78, 5) is 14.9. The van der Waals surface area contributed by atoms with Crippen LogP contribution >= 0.6 is 11.3 Å². The van der Waals surface area contributed by atoms with Crippen molar-refractivity contribution in [2.24, 2.45) is 0 Å². The lowest BCUT2D eigenvalue weighted by molar-refractivity contribution is 1.08. The highest BCUT2D eigenvalue weighted by atomic mass is 32.1. The Morgan fingerprint density at radius 3 is 1.79 bits per heavy atom. The van der Waals surface area contributed by atoms with Crippen LogP contribution in [-0.2, 0) is 0 Å². The van der Waals surface area contributed by atoms with Crippen LogP contribution in [0.25, 0.3) is 75.9 Å². The van der Waals surface area contributed by atoms with Crippen molar-refractivity contribution in [2.45, 2.75) is 0 Å². The predicted octanol–water partition coefficient (Wildman–Crippen LogP) is 9.55. The molecule has 0 spiro atoms. The van der Waals surface area contributed by atoms with Gasteiger partial charge in [-0.15, -0.1) is 11.3 Å². The first-order valence-corrected chi connectivity index (χ1v) is 13.8. The summed E-state index contributed by atoms with van der Waals surface area (Å²) >= 11 is 1.81. The lowest BCUT2D eigenvalue weighted by Gasteiger charge is -2.10. The molecule has 0 aliphatic heterocycles. The number of thiophene rings is 1. The van der Waals surface area contributed by atoms with E-state index in [0.29, 0.717) is 17.5 Å². The largest absolute Gasteiger partial charge is 0.208 e. The van der Waals surface area contributed by atoms with Crippen molar-refractivity contribution in [3.63, 3.8) is 0 Å². The van der Waals surface area contributed by atoms with Gasteiger partial charge in [0.25, 0.3) is 0 Å². The summed E-state index contributed by atoms with van der Waals surface area (Å²) in [6.07, 6.45) is 0. The molecule has 3 nitrogen and oxygen atoms in total. The standard InChI is InChI=1S/C35H21N3S/c1-2-9-23(10-3-1)33-36-34(25-16-18-28-24(20-25)15-14-22-8-4-5-11-27(22)28)38-35(37-33)26-17-19-32-30(21-26)29-12-6-7-13-31(29)39-32/h1-21H. The summed E-state index contributed by atoms with van der Waals surface area (Å²) in [6.45, 7) is 0. The van der Waals surface area contributed by atoms with Crippen LogP contribution in [0, 0.1) is 0 Å². The molecule has 182 valence electrons. The average molecular weight is 516 g/mol. The van der Waals surface area contributed by atoms with E-state index >= 15 is 0 Å².